The van der Waals surface area contributed by atoms with Gasteiger partial charge in [-0.1, -0.05) is 0 Å². The summed E-state index contributed by atoms with van der Waals surface area (Å²) in [7, 11) is 0. The minimum Gasteiger partial charge on any atom is -0.393 e. The van der Waals surface area contributed by atoms with Crippen LogP contribution in [0.25, 0.3) is 5.69 Å². The fourth-order valence-corrected chi connectivity index (χ4v) is 4.81. The molecule has 168 valence electrons. The van der Waals surface area contributed by atoms with Crippen molar-refractivity contribution in [3.63, 3.8) is 0 Å². The molecule has 8 heteroatoms. The number of aliphatic hydroxyl groups excluding tert-OH is 1. The topological polar surface area (TPSA) is 91.6 Å². The summed E-state index contributed by atoms with van der Waals surface area (Å²) in [5, 5.41) is 12.7. The van der Waals surface area contributed by atoms with Crippen LogP contribution >= 0.6 is 0 Å². The molecule has 2 amide bonds. The first-order chi connectivity index (χ1) is 15.4. The lowest BCUT2D eigenvalue weighted by molar-refractivity contribution is -0.133. The number of hydrogen-bond acceptors (Lipinski definition) is 4. The fourth-order valence-electron chi connectivity index (χ4n) is 4.81. The highest BCUT2D eigenvalue weighted by molar-refractivity contribution is 5.96. The number of amides is 2. The summed E-state index contributed by atoms with van der Waals surface area (Å²) in [6, 6.07) is 5.35. The molecule has 1 aromatic carbocycles. The quantitative estimate of drug-likeness (QED) is 0.762. The number of pyridine rings is 1. The Morgan fingerprint density at radius 2 is 1.84 bits per heavy atom. The van der Waals surface area contributed by atoms with Gasteiger partial charge in [0.05, 0.1) is 6.10 Å². The number of fused-ring (bicyclic) bond motifs is 1. The number of halogens is 1. The van der Waals surface area contributed by atoms with Gasteiger partial charge in [-0.3, -0.25) is 19.0 Å². The van der Waals surface area contributed by atoms with Crippen LogP contribution in [-0.4, -0.2) is 45.1 Å². The first kappa shape index (κ1) is 20.9. The van der Waals surface area contributed by atoms with Crippen LogP contribution in [0.2, 0.25) is 0 Å². The lowest BCUT2D eigenvalue weighted by atomic mass is 9.95. The van der Waals surface area contributed by atoms with Gasteiger partial charge in [0, 0.05) is 36.9 Å². The lowest BCUT2D eigenvalue weighted by Crippen LogP contribution is -2.43. The highest BCUT2D eigenvalue weighted by Crippen LogP contribution is 2.33. The van der Waals surface area contributed by atoms with Crippen LogP contribution in [0.4, 0.5) is 4.39 Å². The molecule has 2 atom stereocenters. The van der Waals surface area contributed by atoms with E-state index < -0.39 is 23.4 Å². The Bertz CT molecular complexity index is 1120. The molecule has 0 unspecified atom stereocenters. The maximum absolute atomic E-state index is 13.4. The summed E-state index contributed by atoms with van der Waals surface area (Å²) >= 11 is 0. The fraction of sp³-hybridized carbons (Fsp3) is 0.458. The van der Waals surface area contributed by atoms with Crippen LogP contribution in [0.3, 0.4) is 0 Å². The van der Waals surface area contributed by atoms with E-state index in [4.69, 9.17) is 0 Å². The number of carbonyl (C=O) groups is 2. The molecule has 2 saturated carbocycles. The van der Waals surface area contributed by atoms with Gasteiger partial charge in [-0.15, -0.1) is 0 Å². The van der Waals surface area contributed by atoms with E-state index in [1.807, 2.05) is 0 Å². The maximum atomic E-state index is 13.4. The van der Waals surface area contributed by atoms with Gasteiger partial charge in [0.1, 0.15) is 11.4 Å². The first-order valence-corrected chi connectivity index (χ1v) is 11.2. The van der Waals surface area contributed by atoms with Crippen molar-refractivity contribution < 1.29 is 19.1 Å². The molecule has 5 rings (SSSR count). The lowest BCUT2D eigenvalue weighted by Gasteiger charge is -2.31. The summed E-state index contributed by atoms with van der Waals surface area (Å²) in [4.78, 5) is 41.1. The number of nitrogens with one attached hydrogen (secondary N) is 1. The Morgan fingerprint density at radius 1 is 1.09 bits per heavy atom. The van der Waals surface area contributed by atoms with Crippen molar-refractivity contribution in [2.24, 2.45) is 5.92 Å². The summed E-state index contributed by atoms with van der Waals surface area (Å²) in [5.74, 6) is -0.653. The van der Waals surface area contributed by atoms with Gasteiger partial charge >= 0.3 is 0 Å². The number of benzene rings is 1. The van der Waals surface area contributed by atoms with E-state index in [1.54, 1.807) is 11.1 Å². The summed E-state index contributed by atoms with van der Waals surface area (Å²) < 4.78 is 14.8. The molecule has 2 aliphatic carbocycles. The minimum absolute atomic E-state index is 0.0757. The minimum atomic E-state index is -0.464. The van der Waals surface area contributed by atoms with Crippen molar-refractivity contribution >= 4 is 11.8 Å². The Hall–Kier alpha value is -3.00. The van der Waals surface area contributed by atoms with E-state index in [0.717, 1.165) is 18.4 Å². The maximum Gasteiger partial charge on any atom is 0.268 e. The Morgan fingerprint density at radius 3 is 2.50 bits per heavy atom. The van der Waals surface area contributed by atoms with E-state index in [2.05, 4.69) is 5.32 Å². The second kappa shape index (κ2) is 8.16. The summed E-state index contributed by atoms with van der Waals surface area (Å²) in [6.07, 6.45) is 5.25. The zero-order valence-corrected chi connectivity index (χ0v) is 17.7. The average Bonchev–Trinajstić information content (AvgIpc) is 3.55. The molecule has 0 spiro atoms. The van der Waals surface area contributed by atoms with E-state index in [1.165, 1.54) is 28.8 Å². The smallest absolute Gasteiger partial charge is 0.268 e. The van der Waals surface area contributed by atoms with Gasteiger partial charge in [-0.25, -0.2) is 4.39 Å². The van der Waals surface area contributed by atoms with Crippen LogP contribution in [0.15, 0.2) is 35.3 Å². The standard InChI is InChI=1S/C24H26FN3O4/c25-16-3-6-18(7-4-16)28-13-15-12-27(23(31)14-1-2-14)10-9-20(15)21(24(28)32)22(30)26-17-5-8-19(29)11-17/h3-4,6-7,13-14,17,19,29H,1-2,5,8-12H2,(H,26,30)/t17-,19+/m1/s1. The van der Waals surface area contributed by atoms with Gasteiger partial charge in [0.25, 0.3) is 11.5 Å². The molecule has 7 nitrogen and oxygen atoms in total. The Balaban J connectivity index is 1.55. The predicted molar refractivity (Wildman–Crippen MR) is 115 cm³/mol. The second-order valence-electron chi connectivity index (χ2n) is 9.08. The van der Waals surface area contributed by atoms with Gasteiger partial charge in [-0.2, -0.15) is 0 Å². The molecule has 2 fully saturated rings. The van der Waals surface area contributed by atoms with Gasteiger partial charge in [0.2, 0.25) is 5.91 Å². The molecular formula is C24H26FN3O4. The summed E-state index contributed by atoms with van der Waals surface area (Å²) in [5.41, 5.74) is 1.49. The van der Waals surface area contributed by atoms with Crippen molar-refractivity contribution in [2.75, 3.05) is 6.54 Å². The molecule has 1 aromatic heterocycles. The highest BCUT2D eigenvalue weighted by Gasteiger charge is 2.36. The van der Waals surface area contributed by atoms with Crippen molar-refractivity contribution in [1.82, 2.24) is 14.8 Å². The van der Waals surface area contributed by atoms with E-state index in [-0.39, 0.29) is 23.4 Å². The largest absolute Gasteiger partial charge is 0.393 e. The average molecular weight is 439 g/mol. The third-order valence-corrected chi connectivity index (χ3v) is 6.71. The molecule has 2 heterocycles. The third kappa shape index (κ3) is 3.95. The molecule has 2 aromatic rings. The number of hydrogen-bond donors (Lipinski definition) is 2. The second-order valence-corrected chi connectivity index (χ2v) is 9.08. The molecule has 0 bridgehead atoms. The molecule has 0 saturated heterocycles. The van der Waals surface area contributed by atoms with Crippen molar-refractivity contribution in [2.45, 2.75) is 57.2 Å². The number of aliphatic hydroxyl groups is 1. The third-order valence-electron chi connectivity index (χ3n) is 6.71. The Kier molecular flexibility index (Phi) is 5.33. The number of rotatable bonds is 4. The van der Waals surface area contributed by atoms with Crippen LogP contribution < -0.4 is 10.9 Å². The molecule has 0 radical (unpaired) electrons. The zero-order chi connectivity index (χ0) is 22.4. The Labute approximate surface area is 184 Å². The number of carbonyl (C=O) groups excluding carboxylic acids is 2. The molecule has 1 aliphatic heterocycles. The molecule has 2 N–H and O–H groups in total. The van der Waals surface area contributed by atoms with Crippen LogP contribution in [-0.2, 0) is 17.8 Å². The monoisotopic (exact) mass is 439 g/mol. The summed E-state index contributed by atoms with van der Waals surface area (Å²) in [6.45, 7) is 0.819. The number of aromatic nitrogens is 1. The van der Waals surface area contributed by atoms with Gasteiger partial charge < -0.3 is 15.3 Å². The van der Waals surface area contributed by atoms with Gasteiger partial charge in [-0.05, 0) is 73.9 Å². The molecule has 32 heavy (non-hydrogen) atoms. The van der Waals surface area contributed by atoms with E-state index >= 15 is 0 Å². The zero-order valence-electron chi connectivity index (χ0n) is 17.7. The predicted octanol–water partition coefficient (Wildman–Crippen LogP) is 1.91. The van der Waals surface area contributed by atoms with Crippen LogP contribution in [0.5, 0.6) is 0 Å². The van der Waals surface area contributed by atoms with Crippen molar-refractivity contribution in [1.29, 1.82) is 0 Å². The van der Waals surface area contributed by atoms with Crippen LogP contribution in [0.1, 0.15) is 53.6 Å². The van der Waals surface area contributed by atoms with Crippen molar-refractivity contribution in [3.8, 4) is 5.69 Å². The SMILES string of the molecule is O=C(N[C@@H]1CC[C@H](O)C1)c1c2c(cn(-c3ccc(F)cc3)c1=O)CN(C(=O)C1CC1)CC2. The van der Waals surface area contributed by atoms with Crippen LogP contribution in [0, 0.1) is 11.7 Å². The number of nitrogens with zero attached hydrogens (tertiary/aromatic N) is 2. The molecular weight excluding hydrogens is 413 g/mol. The first-order valence-electron chi connectivity index (χ1n) is 11.2. The van der Waals surface area contributed by atoms with E-state index in [9.17, 15) is 23.9 Å². The highest BCUT2D eigenvalue weighted by atomic mass is 19.1. The van der Waals surface area contributed by atoms with E-state index in [0.29, 0.717) is 50.0 Å². The normalized spacial score (nSPS) is 22.5. The molecule has 3 aliphatic rings. The van der Waals surface area contributed by atoms with Crippen molar-refractivity contribution in [3.05, 3.63) is 63.3 Å². The van der Waals surface area contributed by atoms with Gasteiger partial charge in [0.15, 0.2) is 0 Å².